The molecule has 7 fully saturated rings. The smallest absolute Gasteiger partial charge is 0.00340 e. The van der Waals surface area contributed by atoms with E-state index >= 15 is 0 Å². The lowest BCUT2D eigenvalue weighted by Gasteiger charge is -2.60. The summed E-state index contributed by atoms with van der Waals surface area (Å²) in [6.07, 6.45) is 22.7. The van der Waals surface area contributed by atoms with Crippen molar-refractivity contribution in [1.82, 2.24) is 10.6 Å². The summed E-state index contributed by atoms with van der Waals surface area (Å²) < 4.78 is 0. The Hall–Kier alpha value is -0.500. The highest BCUT2D eigenvalue weighted by molar-refractivity contribution is 5.29. The number of hydrogen-bond donors (Lipinski definition) is 2. The van der Waals surface area contributed by atoms with Gasteiger partial charge in [0.1, 0.15) is 0 Å². The van der Waals surface area contributed by atoms with Gasteiger partial charge >= 0.3 is 0 Å². The Morgan fingerprint density at radius 1 is 0.884 bits per heavy atom. The second-order valence-electron chi connectivity index (χ2n) is 18.5. The molecule has 0 aromatic rings. The molecule has 6 saturated carbocycles. The third-order valence-electron chi connectivity index (χ3n) is 16.7. The first-order valence-corrected chi connectivity index (χ1v) is 19.6. The van der Waals surface area contributed by atoms with E-state index in [0.717, 1.165) is 70.0 Å². The zero-order valence-corrected chi connectivity index (χ0v) is 30.0. The zero-order valence-electron chi connectivity index (χ0n) is 30.0. The summed E-state index contributed by atoms with van der Waals surface area (Å²) in [7, 11) is 2.07. The van der Waals surface area contributed by atoms with Gasteiger partial charge in [-0.25, -0.2) is 0 Å². The van der Waals surface area contributed by atoms with Crippen LogP contribution in [-0.4, -0.2) is 20.1 Å². The molecule has 12 atom stereocenters. The van der Waals surface area contributed by atoms with Gasteiger partial charge < -0.3 is 10.6 Å². The molecule has 0 radical (unpaired) electrons. The van der Waals surface area contributed by atoms with Crippen LogP contribution >= 0.6 is 0 Å². The average molecular weight is 593 g/mol. The number of allylic oxidation sites excluding steroid dienone is 1. The van der Waals surface area contributed by atoms with Gasteiger partial charge in [0, 0.05) is 12.7 Å². The molecule has 246 valence electrons. The molecule has 2 nitrogen and oxygen atoms in total. The van der Waals surface area contributed by atoms with Crippen molar-refractivity contribution in [3.05, 3.63) is 12.3 Å². The molecule has 0 aromatic carbocycles. The third kappa shape index (κ3) is 5.03. The molecule has 2 spiro atoms. The van der Waals surface area contributed by atoms with Gasteiger partial charge in [-0.1, -0.05) is 55.0 Å². The van der Waals surface area contributed by atoms with E-state index in [9.17, 15) is 0 Å². The Labute approximate surface area is 268 Å². The lowest BCUT2D eigenvalue weighted by atomic mass is 9.44. The highest BCUT2D eigenvalue weighted by Crippen LogP contribution is 2.88. The predicted molar refractivity (Wildman–Crippen MR) is 185 cm³/mol. The quantitative estimate of drug-likeness (QED) is 0.307. The summed E-state index contributed by atoms with van der Waals surface area (Å²) in [5, 5.41) is 7.10. The van der Waals surface area contributed by atoms with Crippen LogP contribution in [0, 0.1) is 80.8 Å². The standard InChI is InChI=1S/C39H66N2.C2H6/c1-25(2)31(19-26(3)40-7)28-10-11-32-29(21-28)22-34-33-12-13-35-36(4,5)30(20-27-9-8-18-41-23-27)14-15-39(35)24-38(33,39)17-16-37(32,34)6;1-2/h25,27-35,40-41H,3,8-24H2,1-2,4-7H3;1-2H3. The SMILES string of the molecule is C=C(CC(C(C)C)C1CCC2C(C1)CC1C3CCC4C(C)(C)C(CC5CCCNC5)CCC45CC35CCC21C)NC.CC. The molecule has 12 unspecified atom stereocenters. The highest BCUT2D eigenvalue weighted by Gasteiger charge is 2.80. The van der Waals surface area contributed by atoms with Gasteiger partial charge in [0.05, 0.1) is 0 Å². The van der Waals surface area contributed by atoms with Gasteiger partial charge in [-0.2, -0.15) is 0 Å². The van der Waals surface area contributed by atoms with E-state index in [-0.39, 0.29) is 0 Å². The topological polar surface area (TPSA) is 24.1 Å². The number of hydrogen-bond acceptors (Lipinski definition) is 2. The van der Waals surface area contributed by atoms with Crippen molar-refractivity contribution in [3.63, 3.8) is 0 Å². The molecule has 0 bridgehead atoms. The Bertz CT molecular complexity index is 992. The fourth-order valence-electron chi connectivity index (χ4n) is 14.6. The molecule has 1 saturated heterocycles. The minimum absolute atomic E-state index is 0.547. The van der Waals surface area contributed by atoms with Crippen molar-refractivity contribution >= 4 is 0 Å². The van der Waals surface area contributed by atoms with Crippen LogP contribution in [0.25, 0.3) is 0 Å². The summed E-state index contributed by atoms with van der Waals surface area (Å²) in [5.74, 6) is 9.51. The molecule has 2 heteroatoms. The largest absolute Gasteiger partial charge is 0.392 e. The number of rotatable bonds is 7. The summed E-state index contributed by atoms with van der Waals surface area (Å²) in [6.45, 7) is 24.2. The van der Waals surface area contributed by atoms with Crippen LogP contribution < -0.4 is 10.6 Å². The Balaban J connectivity index is 0.00000161. The maximum atomic E-state index is 4.35. The fourth-order valence-corrected chi connectivity index (χ4v) is 14.6. The van der Waals surface area contributed by atoms with E-state index in [1.54, 1.807) is 44.9 Å². The zero-order chi connectivity index (χ0) is 30.8. The van der Waals surface area contributed by atoms with Gasteiger partial charge in [-0.3, -0.25) is 0 Å². The normalized spacial score (nSPS) is 48.3. The van der Waals surface area contributed by atoms with Crippen molar-refractivity contribution < 1.29 is 0 Å². The molecule has 1 aliphatic heterocycles. The molecule has 0 aromatic heterocycles. The van der Waals surface area contributed by atoms with E-state index in [1.807, 2.05) is 13.8 Å². The first-order chi connectivity index (χ1) is 20.6. The van der Waals surface area contributed by atoms with Crippen molar-refractivity contribution in [2.24, 2.45) is 80.8 Å². The van der Waals surface area contributed by atoms with Crippen LogP contribution in [0.5, 0.6) is 0 Å². The second-order valence-corrected chi connectivity index (χ2v) is 18.5. The fraction of sp³-hybridized carbons (Fsp3) is 0.951. The van der Waals surface area contributed by atoms with Crippen LogP contribution in [0.2, 0.25) is 0 Å². The van der Waals surface area contributed by atoms with Crippen molar-refractivity contribution in [3.8, 4) is 0 Å². The highest BCUT2D eigenvalue weighted by atomic mass is 14.9. The van der Waals surface area contributed by atoms with Gasteiger partial charge in [-0.05, 0) is 190 Å². The summed E-state index contributed by atoms with van der Waals surface area (Å²) in [4.78, 5) is 0. The lowest BCUT2D eigenvalue weighted by Crippen LogP contribution is -2.53. The molecule has 7 rings (SSSR count). The lowest BCUT2D eigenvalue weighted by molar-refractivity contribution is -0.114. The molecule has 6 aliphatic carbocycles. The molecule has 43 heavy (non-hydrogen) atoms. The molecule has 1 heterocycles. The second kappa shape index (κ2) is 11.9. The van der Waals surface area contributed by atoms with Crippen molar-refractivity contribution in [2.75, 3.05) is 20.1 Å². The van der Waals surface area contributed by atoms with Crippen LogP contribution in [0.15, 0.2) is 12.3 Å². The van der Waals surface area contributed by atoms with Gasteiger partial charge in [0.2, 0.25) is 0 Å². The molecule has 7 aliphatic rings. The molecular formula is C41H72N2. The van der Waals surface area contributed by atoms with Gasteiger partial charge in [-0.15, -0.1) is 0 Å². The summed E-state index contributed by atoms with van der Waals surface area (Å²) in [6, 6.07) is 0. The van der Waals surface area contributed by atoms with E-state index in [1.165, 1.54) is 70.2 Å². The van der Waals surface area contributed by atoms with Crippen molar-refractivity contribution in [2.45, 2.75) is 145 Å². The maximum Gasteiger partial charge on any atom is 0.00340 e. The number of fused-ring (bicyclic) bond motifs is 4. The summed E-state index contributed by atoms with van der Waals surface area (Å²) >= 11 is 0. The van der Waals surface area contributed by atoms with Gasteiger partial charge in [0.25, 0.3) is 0 Å². The van der Waals surface area contributed by atoms with E-state index in [2.05, 4.69) is 58.9 Å². The monoisotopic (exact) mass is 593 g/mol. The molecule has 0 amide bonds. The van der Waals surface area contributed by atoms with Crippen LogP contribution in [-0.2, 0) is 0 Å². The number of nitrogens with one attached hydrogen (secondary N) is 2. The number of piperidine rings is 1. The van der Waals surface area contributed by atoms with Gasteiger partial charge in [0.15, 0.2) is 0 Å². The molecular weight excluding hydrogens is 520 g/mol. The Morgan fingerprint density at radius 2 is 1.65 bits per heavy atom. The van der Waals surface area contributed by atoms with Crippen LogP contribution in [0.4, 0.5) is 0 Å². The Kier molecular flexibility index (Phi) is 9.01. The predicted octanol–water partition coefficient (Wildman–Crippen LogP) is 10.5. The molecule has 2 N–H and O–H groups in total. The maximum absolute atomic E-state index is 4.35. The van der Waals surface area contributed by atoms with Crippen LogP contribution in [0.1, 0.15) is 145 Å². The first-order valence-electron chi connectivity index (χ1n) is 19.6. The first kappa shape index (κ1) is 32.4. The van der Waals surface area contributed by atoms with Crippen molar-refractivity contribution in [1.29, 1.82) is 0 Å². The summed E-state index contributed by atoms with van der Waals surface area (Å²) in [5.41, 5.74) is 3.92. The Morgan fingerprint density at radius 3 is 2.35 bits per heavy atom. The minimum atomic E-state index is 0.547. The van der Waals surface area contributed by atoms with E-state index in [4.69, 9.17) is 0 Å². The van der Waals surface area contributed by atoms with E-state index in [0.29, 0.717) is 10.8 Å². The average Bonchev–Trinajstić information content (AvgIpc) is 3.58. The van der Waals surface area contributed by atoms with E-state index < -0.39 is 0 Å². The third-order valence-corrected chi connectivity index (χ3v) is 16.7. The minimum Gasteiger partial charge on any atom is -0.392 e. The van der Waals surface area contributed by atoms with Crippen LogP contribution in [0.3, 0.4) is 0 Å².